The van der Waals surface area contributed by atoms with E-state index in [2.05, 4.69) is 11.1 Å². The maximum absolute atomic E-state index is 12.9. The van der Waals surface area contributed by atoms with Crippen molar-refractivity contribution < 1.29 is 4.39 Å². The molecule has 0 radical (unpaired) electrons. The number of aromatic nitrogens is 1. The van der Waals surface area contributed by atoms with E-state index in [9.17, 15) is 4.39 Å². The summed E-state index contributed by atoms with van der Waals surface area (Å²) in [5.41, 5.74) is 3.23. The number of benzene rings is 1. The van der Waals surface area contributed by atoms with Gasteiger partial charge in [-0.05, 0) is 54.7 Å². The first-order chi connectivity index (χ1) is 8.83. The molecule has 0 amide bonds. The SMILES string of the molecule is Fc1ccc(-c2ccc(C3CCCC3)cn2)cc1. The molecule has 0 bridgehead atoms. The predicted molar refractivity (Wildman–Crippen MR) is 70.8 cm³/mol. The minimum absolute atomic E-state index is 0.207. The molecule has 1 aromatic heterocycles. The molecule has 1 saturated carbocycles. The Labute approximate surface area is 107 Å². The van der Waals surface area contributed by atoms with E-state index >= 15 is 0 Å². The highest BCUT2D eigenvalue weighted by Crippen LogP contribution is 2.34. The van der Waals surface area contributed by atoms with Gasteiger partial charge in [-0.2, -0.15) is 0 Å². The Hall–Kier alpha value is -1.70. The number of hydrogen-bond donors (Lipinski definition) is 0. The van der Waals surface area contributed by atoms with Gasteiger partial charge >= 0.3 is 0 Å². The first-order valence-corrected chi connectivity index (χ1v) is 6.55. The summed E-state index contributed by atoms with van der Waals surface area (Å²) in [6.07, 6.45) is 7.23. The van der Waals surface area contributed by atoms with Crippen LogP contribution in [0.2, 0.25) is 0 Å². The molecule has 0 saturated heterocycles. The van der Waals surface area contributed by atoms with Crippen LogP contribution in [0.3, 0.4) is 0 Å². The molecular weight excluding hydrogens is 225 g/mol. The van der Waals surface area contributed by atoms with Crippen molar-refractivity contribution in [3.8, 4) is 11.3 Å². The molecule has 1 nitrogen and oxygen atoms in total. The van der Waals surface area contributed by atoms with Crippen LogP contribution in [0, 0.1) is 5.82 Å². The van der Waals surface area contributed by atoms with Crippen LogP contribution in [0.5, 0.6) is 0 Å². The first-order valence-electron chi connectivity index (χ1n) is 6.55. The molecule has 0 unspecified atom stereocenters. The summed E-state index contributed by atoms with van der Waals surface area (Å²) in [7, 11) is 0. The molecule has 1 fully saturated rings. The molecule has 2 heteroatoms. The Balaban J connectivity index is 1.84. The van der Waals surface area contributed by atoms with Crippen LogP contribution >= 0.6 is 0 Å². The van der Waals surface area contributed by atoms with Crippen LogP contribution in [0.25, 0.3) is 11.3 Å². The van der Waals surface area contributed by atoms with Crippen molar-refractivity contribution in [2.75, 3.05) is 0 Å². The second-order valence-corrected chi connectivity index (χ2v) is 4.97. The number of rotatable bonds is 2. The summed E-state index contributed by atoms with van der Waals surface area (Å²) < 4.78 is 12.9. The molecule has 18 heavy (non-hydrogen) atoms. The van der Waals surface area contributed by atoms with Crippen molar-refractivity contribution in [2.45, 2.75) is 31.6 Å². The second kappa shape index (κ2) is 4.89. The molecule has 3 rings (SSSR count). The van der Waals surface area contributed by atoms with Gasteiger partial charge in [0.05, 0.1) is 5.69 Å². The molecule has 0 spiro atoms. The van der Waals surface area contributed by atoms with Gasteiger partial charge < -0.3 is 0 Å². The van der Waals surface area contributed by atoms with Crippen molar-refractivity contribution in [2.24, 2.45) is 0 Å². The molecule has 92 valence electrons. The smallest absolute Gasteiger partial charge is 0.123 e. The van der Waals surface area contributed by atoms with E-state index < -0.39 is 0 Å². The van der Waals surface area contributed by atoms with Crippen molar-refractivity contribution in [1.29, 1.82) is 0 Å². The number of pyridine rings is 1. The predicted octanol–water partition coefficient (Wildman–Crippen LogP) is 4.55. The highest BCUT2D eigenvalue weighted by atomic mass is 19.1. The summed E-state index contributed by atoms with van der Waals surface area (Å²) in [5, 5.41) is 0. The second-order valence-electron chi connectivity index (χ2n) is 4.97. The van der Waals surface area contributed by atoms with E-state index in [1.165, 1.54) is 43.4 Å². The van der Waals surface area contributed by atoms with Crippen LogP contribution in [-0.4, -0.2) is 4.98 Å². The third-order valence-corrected chi connectivity index (χ3v) is 3.75. The zero-order valence-electron chi connectivity index (χ0n) is 10.3. The quantitative estimate of drug-likeness (QED) is 0.752. The van der Waals surface area contributed by atoms with E-state index in [4.69, 9.17) is 0 Å². The fourth-order valence-electron chi connectivity index (χ4n) is 2.70. The lowest BCUT2D eigenvalue weighted by molar-refractivity contribution is 0.628. The van der Waals surface area contributed by atoms with E-state index in [0.717, 1.165) is 11.3 Å². The summed E-state index contributed by atoms with van der Waals surface area (Å²) in [5.74, 6) is 0.487. The number of halogens is 1. The first kappa shape index (κ1) is 11.4. The Kier molecular flexibility index (Phi) is 3.09. The van der Waals surface area contributed by atoms with Gasteiger partial charge in [-0.3, -0.25) is 4.98 Å². The highest BCUT2D eigenvalue weighted by molar-refractivity contribution is 5.58. The van der Waals surface area contributed by atoms with Crippen LogP contribution in [0.1, 0.15) is 37.2 Å². The van der Waals surface area contributed by atoms with Gasteiger partial charge in [0, 0.05) is 11.8 Å². The topological polar surface area (TPSA) is 12.9 Å². The zero-order valence-corrected chi connectivity index (χ0v) is 10.3. The monoisotopic (exact) mass is 241 g/mol. The molecule has 0 N–H and O–H groups in total. The van der Waals surface area contributed by atoms with Crippen LogP contribution in [-0.2, 0) is 0 Å². The summed E-state index contributed by atoms with van der Waals surface area (Å²) in [6.45, 7) is 0. The lowest BCUT2D eigenvalue weighted by atomic mass is 9.99. The lowest BCUT2D eigenvalue weighted by Gasteiger charge is -2.09. The van der Waals surface area contributed by atoms with Crippen LogP contribution in [0.4, 0.5) is 4.39 Å². The standard InChI is InChI=1S/C16H16FN/c17-15-8-5-13(6-9-15)16-10-7-14(11-18-16)12-3-1-2-4-12/h5-12H,1-4H2. The van der Waals surface area contributed by atoms with Crippen molar-refractivity contribution >= 4 is 0 Å². The molecular formula is C16H16FN. The van der Waals surface area contributed by atoms with Crippen molar-refractivity contribution in [3.05, 3.63) is 54.0 Å². The fraction of sp³-hybridized carbons (Fsp3) is 0.312. The minimum Gasteiger partial charge on any atom is -0.256 e. The van der Waals surface area contributed by atoms with Crippen LogP contribution < -0.4 is 0 Å². The molecule has 2 aromatic rings. The molecule has 1 aliphatic carbocycles. The van der Waals surface area contributed by atoms with Crippen LogP contribution in [0.15, 0.2) is 42.6 Å². The highest BCUT2D eigenvalue weighted by Gasteiger charge is 2.17. The Morgan fingerprint density at radius 1 is 0.944 bits per heavy atom. The average Bonchev–Trinajstić information content (AvgIpc) is 2.94. The summed E-state index contributed by atoms with van der Waals surface area (Å²) in [6, 6.07) is 10.7. The maximum Gasteiger partial charge on any atom is 0.123 e. The normalized spacial score (nSPS) is 16.1. The third-order valence-electron chi connectivity index (χ3n) is 3.75. The average molecular weight is 241 g/mol. The molecule has 1 heterocycles. The fourth-order valence-corrected chi connectivity index (χ4v) is 2.70. The molecule has 0 aliphatic heterocycles. The Bertz CT molecular complexity index is 510. The van der Waals surface area contributed by atoms with Gasteiger partial charge in [0.1, 0.15) is 5.82 Å². The summed E-state index contributed by atoms with van der Waals surface area (Å²) >= 11 is 0. The van der Waals surface area contributed by atoms with E-state index in [1.54, 1.807) is 12.1 Å². The van der Waals surface area contributed by atoms with Gasteiger partial charge in [0.15, 0.2) is 0 Å². The van der Waals surface area contributed by atoms with Gasteiger partial charge in [-0.1, -0.05) is 18.9 Å². The number of hydrogen-bond acceptors (Lipinski definition) is 1. The van der Waals surface area contributed by atoms with E-state index in [0.29, 0.717) is 5.92 Å². The summed E-state index contributed by atoms with van der Waals surface area (Å²) in [4.78, 5) is 4.50. The lowest BCUT2D eigenvalue weighted by Crippen LogP contribution is -1.94. The van der Waals surface area contributed by atoms with E-state index in [-0.39, 0.29) is 5.82 Å². The maximum atomic E-state index is 12.9. The zero-order chi connectivity index (χ0) is 12.4. The molecule has 0 atom stereocenters. The van der Waals surface area contributed by atoms with Gasteiger partial charge in [0.2, 0.25) is 0 Å². The van der Waals surface area contributed by atoms with E-state index in [1.807, 2.05) is 12.3 Å². The molecule has 1 aliphatic rings. The van der Waals surface area contributed by atoms with Gasteiger partial charge in [-0.15, -0.1) is 0 Å². The third kappa shape index (κ3) is 2.28. The Morgan fingerprint density at radius 2 is 1.67 bits per heavy atom. The minimum atomic E-state index is -0.207. The largest absolute Gasteiger partial charge is 0.256 e. The molecule has 1 aromatic carbocycles. The van der Waals surface area contributed by atoms with Gasteiger partial charge in [-0.25, -0.2) is 4.39 Å². The Morgan fingerprint density at radius 3 is 2.28 bits per heavy atom. The van der Waals surface area contributed by atoms with Gasteiger partial charge in [0.25, 0.3) is 0 Å². The number of nitrogens with zero attached hydrogens (tertiary/aromatic N) is 1. The van der Waals surface area contributed by atoms with Crippen molar-refractivity contribution in [3.63, 3.8) is 0 Å². The van der Waals surface area contributed by atoms with Crippen molar-refractivity contribution in [1.82, 2.24) is 4.98 Å².